The van der Waals surface area contributed by atoms with Gasteiger partial charge in [0.05, 0.1) is 6.04 Å². The van der Waals surface area contributed by atoms with Gasteiger partial charge in [0.2, 0.25) is 0 Å². The first kappa shape index (κ1) is 15.6. The second kappa shape index (κ2) is 6.94. The van der Waals surface area contributed by atoms with Crippen LogP contribution in [0.3, 0.4) is 0 Å². The zero-order chi connectivity index (χ0) is 17.1. The summed E-state index contributed by atoms with van der Waals surface area (Å²) in [5, 5.41) is 3.70. The summed E-state index contributed by atoms with van der Waals surface area (Å²) in [5.74, 6) is 1.31. The summed E-state index contributed by atoms with van der Waals surface area (Å²) >= 11 is 0. The molecule has 0 unspecified atom stereocenters. The van der Waals surface area contributed by atoms with Gasteiger partial charge < -0.3 is 5.32 Å². The van der Waals surface area contributed by atoms with E-state index in [2.05, 4.69) is 103 Å². The highest BCUT2D eigenvalue weighted by Gasteiger charge is 2.33. The third kappa shape index (κ3) is 3.20. The van der Waals surface area contributed by atoms with E-state index in [-0.39, 0.29) is 18.0 Å². The van der Waals surface area contributed by atoms with Crippen molar-refractivity contribution in [3.8, 4) is 0 Å². The van der Waals surface area contributed by atoms with Crippen molar-refractivity contribution < 1.29 is 0 Å². The van der Waals surface area contributed by atoms with Crippen LogP contribution in [0.15, 0.2) is 96.0 Å². The maximum atomic E-state index is 5.10. The van der Waals surface area contributed by atoms with Gasteiger partial charge in [-0.15, -0.1) is 0 Å². The molecule has 0 radical (unpaired) electrons. The first-order valence-corrected chi connectivity index (χ1v) is 8.82. The van der Waals surface area contributed by atoms with Gasteiger partial charge in [-0.25, -0.2) is 0 Å². The minimum absolute atomic E-state index is 0.102. The highest BCUT2D eigenvalue weighted by molar-refractivity contribution is 5.91. The predicted octanol–water partition coefficient (Wildman–Crippen LogP) is 5.27. The maximum Gasteiger partial charge on any atom is 0.105 e. The Morgan fingerprint density at radius 3 is 1.84 bits per heavy atom. The lowest BCUT2D eigenvalue weighted by Gasteiger charge is -2.20. The lowest BCUT2D eigenvalue weighted by molar-refractivity contribution is 0.571. The van der Waals surface area contributed by atoms with Gasteiger partial charge in [0.1, 0.15) is 11.9 Å². The molecule has 1 heterocycles. The highest BCUT2D eigenvalue weighted by atomic mass is 15.1. The minimum Gasteiger partial charge on any atom is -0.364 e. The number of aliphatic imine (C=N–C) groups is 1. The van der Waals surface area contributed by atoms with Crippen molar-refractivity contribution in [3.05, 3.63) is 108 Å². The fourth-order valence-corrected chi connectivity index (χ4v) is 3.48. The van der Waals surface area contributed by atoms with E-state index in [1.165, 1.54) is 16.7 Å². The Morgan fingerprint density at radius 1 is 0.720 bits per heavy atom. The van der Waals surface area contributed by atoms with Crippen molar-refractivity contribution in [3.63, 3.8) is 0 Å². The maximum absolute atomic E-state index is 5.10. The average molecular weight is 326 g/mol. The van der Waals surface area contributed by atoms with Crippen molar-refractivity contribution in [1.29, 1.82) is 0 Å². The fourth-order valence-electron chi connectivity index (χ4n) is 3.48. The first-order valence-electron chi connectivity index (χ1n) is 8.82. The third-order valence-corrected chi connectivity index (χ3v) is 4.91. The normalized spacial score (nSPS) is 20.6. The lowest BCUT2D eigenvalue weighted by atomic mass is 9.95. The van der Waals surface area contributed by atoms with Crippen molar-refractivity contribution in [1.82, 2.24) is 5.32 Å². The van der Waals surface area contributed by atoms with E-state index in [4.69, 9.17) is 4.99 Å². The minimum atomic E-state index is 0.102. The van der Waals surface area contributed by atoms with Crippen LogP contribution in [0.1, 0.15) is 41.6 Å². The molecule has 0 bridgehead atoms. The van der Waals surface area contributed by atoms with Crippen molar-refractivity contribution >= 4 is 5.84 Å². The molecule has 2 nitrogen and oxygen atoms in total. The van der Waals surface area contributed by atoms with Crippen LogP contribution < -0.4 is 5.32 Å². The molecule has 0 saturated carbocycles. The number of nitrogens with one attached hydrogen (secondary N) is 1. The van der Waals surface area contributed by atoms with E-state index in [0.717, 1.165) is 5.84 Å². The standard InChI is InChI=1S/C23H22N2/c1-17(18-11-5-2-6-12-18)23-24-21(19-13-7-3-8-14-19)22(25-23)20-15-9-4-10-16-20/h2-17,21-22H,1H3,(H,24,25)/t17-,21-,22+/m1/s1. The van der Waals surface area contributed by atoms with Gasteiger partial charge in [-0.3, -0.25) is 4.99 Å². The monoisotopic (exact) mass is 326 g/mol. The first-order chi connectivity index (χ1) is 12.3. The molecule has 1 N–H and O–H groups in total. The number of hydrogen-bond acceptors (Lipinski definition) is 2. The number of hydrogen-bond donors (Lipinski definition) is 1. The molecule has 1 aliphatic heterocycles. The van der Waals surface area contributed by atoms with E-state index < -0.39 is 0 Å². The molecule has 0 spiro atoms. The SMILES string of the molecule is C[C@@H](C1=N[C@@H](c2ccccc2)[C@@H](c2ccccc2)N1)c1ccccc1. The van der Waals surface area contributed by atoms with Crippen molar-refractivity contribution in [2.24, 2.45) is 4.99 Å². The van der Waals surface area contributed by atoms with Crippen LogP contribution in [0.2, 0.25) is 0 Å². The van der Waals surface area contributed by atoms with E-state index in [1.54, 1.807) is 0 Å². The van der Waals surface area contributed by atoms with Crippen LogP contribution in [0.25, 0.3) is 0 Å². The second-order valence-corrected chi connectivity index (χ2v) is 6.53. The Hall–Kier alpha value is -2.87. The Balaban J connectivity index is 1.70. The lowest BCUT2D eigenvalue weighted by Crippen LogP contribution is -2.27. The summed E-state index contributed by atoms with van der Waals surface area (Å²) in [5.41, 5.74) is 3.81. The van der Waals surface area contributed by atoms with Crippen LogP contribution in [0, 0.1) is 0 Å². The number of nitrogens with zero attached hydrogens (tertiary/aromatic N) is 1. The summed E-state index contributed by atoms with van der Waals surface area (Å²) in [4.78, 5) is 5.10. The van der Waals surface area contributed by atoms with Gasteiger partial charge in [0, 0.05) is 5.92 Å². The molecule has 0 saturated heterocycles. The predicted molar refractivity (Wildman–Crippen MR) is 104 cm³/mol. The van der Waals surface area contributed by atoms with E-state index in [9.17, 15) is 0 Å². The second-order valence-electron chi connectivity index (χ2n) is 6.53. The molecule has 3 atom stereocenters. The van der Waals surface area contributed by atoms with Crippen LogP contribution in [-0.2, 0) is 0 Å². The molecule has 2 heteroatoms. The summed E-state index contributed by atoms with van der Waals surface area (Å²) in [6, 6.07) is 32.0. The third-order valence-electron chi connectivity index (χ3n) is 4.91. The molecule has 3 aromatic carbocycles. The summed E-state index contributed by atoms with van der Waals surface area (Å²) in [7, 11) is 0. The summed E-state index contributed by atoms with van der Waals surface area (Å²) in [6.07, 6.45) is 0. The highest BCUT2D eigenvalue weighted by Crippen LogP contribution is 2.38. The zero-order valence-corrected chi connectivity index (χ0v) is 14.3. The molecule has 1 aliphatic rings. The van der Waals surface area contributed by atoms with Crippen LogP contribution in [-0.4, -0.2) is 5.84 Å². The van der Waals surface area contributed by atoms with Gasteiger partial charge in [0.25, 0.3) is 0 Å². The molecule has 0 amide bonds. The Labute approximate surface area is 149 Å². The number of amidine groups is 1. The van der Waals surface area contributed by atoms with Gasteiger partial charge >= 0.3 is 0 Å². The molecular formula is C23H22N2. The molecule has 4 rings (SSSR count). The topological polar surface area (TPSA) is 24.4 Å². The zero-order valence-electron chi connectivity index (χ0n) is 14.3. The quantitative estimate of drug-likeness (QED) is 0.693. The van der Waals surface area contributed by atoms with E-state index in [0.29, 0.717) is 0 Å². The molecule has 0 aliphatic carbocycles. The van der Waals surface area contributed by atoms with Crippen molar-refractivity contribution in [2.45, 2.75) is 24.9 Å². The molecular weight excluding hydrogens is 304 g/mol. The van der Waals surface area contributed by atoms with Crippen LogP contribution in [0.5, 0.6) is 0 Å². The van der Waals surface area contributed by atoms with Gasteiger partial charge in [-0.1, -0.05) is 97.9 Å². The number of rotatable bonds is 4. The molecule has 0 fully saturated rings. The Bertz CT molecular complexity index is 841. The Kier molecular flexibility index (Phi) is 4.34. The van der Waals surface area contributed by atoms with Crippen LogP contribution in [0.4, 0.5) is 0 Å². The summed E-state index contributed by atoms with van der Waals surface area (Å²) < 4.78 is 0. The molecule has 25 heavy (non-hydrogen) atoms. The average Bonchev–Trinajstić information content (AvgIpc) is 3.15. The largest absolute Gasteiger partial charge is 0.364 e. The van der Waals surface area contributed by atoms with Crippen molar-refractivity contribution in [2.75, 3.05) is 0 Å². The molecule has 0 aromatic heterocycles. The fraction of sp³-hybridized carbons (Fsp3) is 0.174. The van der Waals surface area contributed by atoms with E-state index in [1.807, 2.05) is 0 Å². The van der Waals surface area contributed by atoms with E-state index >= 15 is 0 Å². The van der Waals surface area contributed by atoms with Gasteiger partial charge in [-0.2, -0.15) is 0 Å². The molecule has 124 valence electrons. The smallest absolute Gasteiger partial charge is 0.105 e. The summed E-state index contributed by atoms with van der Waals surface area (Å²) in [6.45, 7) is 2.22. The van der Waals surface area contributed by atoms with Crippen LogP contribution >= 0.6 is 0 Å². The number of benzene rings is 3. The van der Waals surface area contributed by atoms with Gasteiger partial charge in [-0.05, 0) is 16.7 Å². The van der Waals surface area contributed by atoms with Gasteiger partial charge in [0.15, 0.2) is 0 Å². The molecule has 3 aromatic rings. The Morgan fingerprint density at radius 2 is 1.24 bits per heavy atom.